The highest BCUT2D eigenvalue weighted by molar-refractivity contribution is 7.70. The normalized spacial score (nSPS) is 14.3. The Morgan fingerprint density at radius 2 is 1.79 bits per heavy atom. The average Bonchev–Trinajstić information content (AvgIpc) is 2.81. The van der Waals surface area contributed by atoms with E-state index in [1.165, 1.54) is 18.2 Å². The molecule has 184 valence electrons. The van der Waals surface area contributed by atoms with E-state index in [9.17, 15) is 19.3 Å². The number of benzene rings is 2. The Labute approximate surface area is 198 Å². The van der Waals surface area contributed by atoms with Gasteiger partial charge in [-0.2, -0.15) is 0 Å². The molecule has 10 heteroatoms. The molecule has 1 amide bonds. The van der Waals surface area contributed by atoms with Gasteiger partial charge in [0.25, 0.3) is 5.52 Å². The highest BCUT2D eigenvalue weighted by Crippen LogP contribution is 2.39. The van der Waals surface area contributed by atoms with Crippen LogP contribution in [-0.4, -0.2) is 64.1 Å². The van der Waals surface area contributed by atoms with Gasteiger partial charge in [-0.1, -0.05) is 25.0 Å². The second kappa shape index (κ2) is 12.1. The van der Waals surface area contributed by atoms with Crippen LogP contribution in [0.25, 0.3) is 0 Å². The maximum Gasteiger partial charge on any atom is 0.396 e. The standard InChI is InChI=1S/C24H30NO8P/c26-22-10-7-19(24(28)34(29,30)31)16-20(22)15-18-5-8-21(9-6-18)33-13-4-2-1-3-11-25-12-14-32-17-23(25)27/h5-10,16,26H,1-4,11-15,17H2,(H2,29,30,31). The minimum Gasteiger partial charge on any atom is -0.508 e. The number of nitrogens with zero attached hydrogens (tertiary/aromatic N) is 1. The third kappa shape index (κ3) is 7.67. The van der Waals surface area contributed by atoms with Crippen molar-refractivity contribution in [1.82, 2.24) is 4.90 Å². The van der Waals surface area contributed by atoms with Crippen LogP contribution < -0.4 is 4.74 Å². The predicted molar refractivity (Wildman–Crippen MR) is 125 cm³/mol. The first-order valence-corrected chi connectivity index (χ1v) is 12.8. The minimum absolute atomic E-state index is 0.0550. The number of phenols is 1. The highest BCUT2D eigenvalue weighted by Gasteiger charge is 2.27. The van der Waals surface area contributed by atoms with Crippen LogP contribution >= 0.6 is 7.60 Å². The molecule has 2 aromatic carbocycles. The van der Waals surface area contributed by atoms with E-state index in [2.05, 4.69) is 0 Å². The second-order valence-corrected chi connectivity index (χ2v) is 9.70. The molecule has 1 saturated heterocycles. The molecule has 0 unspecified atom stereocenters. The van der Waals surface area contributed by atoms with Crippen LogP contribution in [0, 0.1) is 0 Å². The van der Waals surface area contributed by atoms with Crippen molar-refractivity contribution in [1.29, 1.82) is 0 Å². The van der Waals surface area contributed by atoms with Crippen LogP contribution in [0.5, 0.6) is 11.5 Å². The number of amides is 1. The molecule has 0 atom stereocenters. The first-order chi connectivity index (χ1) is 16.2. The van der Waals surface area contributed by atoms with Gasteiger partial charge in [0, 0.05) is 25.1 Å². The molecule has 1 aliphatic rings. The summed E-state index contributed by atoms with van der Waals surface area (Å²) in [4.78, 5) is 43.5. The fraction of sp³-hybridized carbons (Fsp3) is 0.417. The number of phenolic OH excluding ortho intramolecular Hbond substituents is 1. The van der Waals surface area contributed by atoms with E-state index in [-0.39, 0.29) is 23.8 Å². The van der Waals surface area contributed by atoms with Gasteiger partial charge in [-0.3, -0.25) is 14.2 Å². The van der Waals surface area contributed by atoms with Crippen molar-refractivity contribution in [2.45, 2.75) is 32.1 Å². The second-order valence-electron chi connectivity index (χ2n) is 8.21. The van der Waals surface area contributed by atoms with Gasteiger partial charge in [0.15, 0.2) is 0 Å². The van der Waals surface area contributed by atoms with Crippen LogP contribution in [0.15, 0.2) is 42.5 Å². The summed E-state index contributed by atoms with van der Waals surface area (Å²) in [6.07, 6.45) is 4.21. The van der Waals surface area contributed by atoms with Crippen LogP contribution in [-0.2, 0) is 20.5 Å². The summed E-state index contributed by atoms with van der Waals surface area (Å²) in [6.45, 7) is 2.84. The summed E-state index contributed by atoms with van der Waals surface area (Å²) in [5.74, 6) is 0.730. The molecule has 3 N–H and O–H groups in total. The van der Waals surface area contributed by atoms with Crippen molar-refractivity contribution in [2.75, 3.05) is 32.9 Å². The van der Waals surface area contributed by atoms with Crippen LogP contribution in [0.3, 0.4) is 0 Å². The molecule has 0 spiro atoms. The van der Waals surface area contributed by atoms with Gasteiger partial charge in [-0.15, -0.1) is 0 Å². The molecule has 1 heterocycles. The lowest BCUT2D eigenvalue weighted by Crippen LogP contribution is -2.41. The summed E-state index contributed by atoms with van der Waals surface area (Å²) in [7, 11) is -4.89. The fourth-order valence-electron chi connectivity index (χ4n) is 3.69. The Morgan fingerprint density at radius 3 is 2.50 bits per heavy atom. The number of hydrogen-bond acceptors (Lipinski definition) is 6. The van der Waals surface area contributed by atoms with Crippen molar-refractivity contribution in [3.05, 3.63) is 59.2 Å². The molecule has 0 aromatic heterocycles. The molecule has 0 bridgehead atoms. The van der Waals surface area contributed by atoms with Crippen molar-refractivity contribution in [3.63, 3.8) is 0 Å². The molecule has 9 nitrogen and oxygen atoms in total. The van der Waals surface area contributed by atoms with Gasteiger partial charge in [-0.25, -0.2) is 0 Å². The quantitative estimate of drug-likeness (QED) is 0.305. The Bertz CT molecular complexity index is 1030. The van der Waals surface area contributed by atoms with Gasteiger partial charge >= 0.3 is 7.60 Å². The molecule has 0 aliphatic carbocycles. The Balaban J connectivity index is 1.40. The number of hydrogen-bond donors (Lipinski definition) is 3. The summed E-state index contributed by atoms with van der Waals surface area (Å²) in [5, 5.41) is 10.1. The lowest BCUT2D eigenvalue weighted by Gasteiger charge is -2.26. The van der Waals surface area contributed by atoms with E-state index in [1.807, 2.05) is 29.2 Å². The van der Waals surface area contributed by atoms with Gasteiger partial charge in [-0.05, 0) is 54.3 Å². The van der Waals surface area contributed by atoms with Crippen LogP contribution in [0.4, 0.5) is 0 Å². The van der Waals surface area contributed by atoms with Crippen molar-refractivity contribution < 1.29 is 38.5 Å². The zero-order valence-electron chi connectivity index (χ0n) is 18.9. The van der Waals surface area contributed by atoms with E-state index < -0.39 is 13.1 Å². The number of unbranched alkanes of at least 4 members (excludes halogenated alkanes) is 3. The first kappa shape index (κ1) is 25.9. The summed E-state index contributed by atoms with van der Waals surface area (Å²) < 4.78 is 22.1. The highest BCUT2D eigenvalue weighted by atomic mass is 31.2. The van der Waals surface area contributed by atoms with E-state index in [1.54, 1.807) is 0 Å². The molecule has 1 aliphatic heterocycles. The largest absolute Gasteiger partial charge is 0.508 e. The number of rotatable bonds is 12. The third-order valence-corrected chi connectivity index (χ3v) is 6.37. The monoisotopic (exact) mass is 491 g/mol. The van der Waals surface area contributed by atoms with Gasteiger partial charge in [0.2, 0.25) is 5.91 Å². The number of ether oxygens (including phenoxy) is 2. The number of carbonyl (C=O) groups excluding carboxylic acids is 2. The first-order valence-electron chi connectivity index (χ1n) is 11.2. The van der Waals surface area contributed by atoms with E-state index in [0.717, 1.165) is 43.5 Å². The van der Waals surface area contributed by atoms with E-state index in [0.29, 0.717) is 31.7 Å². The average molecular weight is 491 g/mol. The number of morpholine rings is 1. The van der Waals surface area contributed by atoms with Gasteiger partial charge < -0.3 is 29.3 Å². The number of carbonyl (C=O) groups is 2. The Kier molecular flexibility index (Phi) is 9.24. The topological polar surface area (TPSA) is 134 Å². The van der Waals surface area contributed by atoms with E-state index in [4.69, 9.17) is 19.3 Å². The smallest absolute Gasteiger partial charge is 0.396 e. The van der Waals surface area contributed by atoms with Crippen molar-refractivity contribution in [3.8, 4) is 11.5 Å². The Hall–Kier alpha value is -2.71. The summed E-state index contributed by atoms with van der Waals surface area (Å²) in [5.41, 5.74) is -0.169. The molecule has 0 radical (unpaired) electrons. The summed E-state index contributed by atoms with van der Waals surface area (Å²) >= 11 is 0. The lowest BCUT2D eigenvalue weighted by atomic mass is 10.0. The molecule has 3 rings (SSSR count). The maximum absolute atomic E-state index is 11.8. The van der Waals surface area contributed by atoms with Gasteiger partial charge in [0.1, 0.15) is 18.1 Å². The maximum atomic E-state index is 11.8. The third-order valence-electron chi connectivity index (χ3n) is 5.58. The minimum atomic E-state index is -4.89. The molecule has 34 heavy (non-hydrogen) atoms. The van der Waals surface area contributed by atoms with E-state index >= 15 is 0 Å². The SMILES string of the molecule is O=C1COCCN1CCCCCCOc1ccc(Cc2cc(C(=O)P(=O)(O)O)ccc2O)cc1. The molecular weight excluding hydrogens is 461 g/mol. The summed E-state index contributed by atoms with van der Waals surface area (Å²) in [6, 6.07) is 11.1. The Morgan fingerprint density at radius 1 is 1.06 bits per heavy atom. The zero-order valence-corrected chi connectivity index (χ0v) is 19.8. The van der Waals surface area contributed by atoms with Crippen molar-refractivity contribution in [2.24, 2.45) is 0 Å². The number of aromatic hydroxyl groups is 1. The van der Waals surface area contributed by atoms with Gasteiger partial charge in [0.05, 0.1) is 13.2 Å². The van der Waals surface area contributed by atoms with Crippen LogP contribution in [0.1, 0.15) is 47.2 Å². The molecule has 2 aromatic rings. The van der Waals surface area contributed by atoms with Crippen molar-refractivity contribution >= 4 is 19.0 Å². The zero-order chi connectivity index (χ0) is 24.6. The molecule has 0 saturated carbocycles. The van der Waals surface area contributed by atoms with Crippen LogP contribution in [0.2, 0.25) is 0 Å². The molecule has 1 fully saturated rings. The lowest BCUT2D eigenvalue weighted by molar-refractivity contribution is -0.142. The fourth-order valence-corrected chi connectivity index (χ4v) is 4.16. The predicted octanol–water partition coefficient (Wildman–Crippen LogP) is 3.10. The molecular formula is C24H30NO8P.